The molecule has 0 spiro atoms. The van der Waals surface area contributed by atoms with Crippen molar-refractivity contribution in [3.8, 4) is 0 Å². The summed E-state index contributed by atoms with van der Waals surface area (Å²) < 4.78 is 32.6. The van der Waals surface area contributed by atoms with Crippen LogP contribution in [0, 0.1) is 6.92 Å². The highest BCUT2D eigenvalue weighted by Gasteiger charge is 2.23. The maximum atomic E-state index is 12.0. The molecule has 0 aliphatic carbocycles. The van der Waals surface area contributed by atoms with Crippen molar-refractivity contribution in [1.82, 2.24) is 14.5 Å². The highest BCUT2D eigenvalue weighted by molar-refractivity contribution is 7.89. The lowest BCUT2D eigenvalue weighted by atomic mass is 10.5. The molecule has 0 aliphatic heterocycles. The van der Waals surface area contributed by atoms with Crippen molar-refractivity contribution in [2.45, 2.75) is 18.2 Å². The van der Waals surface area contributed by atoms with Crippen LogP contribution in [0.15, 0.2) is 4.90 Å². The zero-order chi connectivity index (χ0) is 13.1. The Morgan fingerprint density at radius 1 is 1.53 bits per heavy atom. The molecule has 7 nitrogen and oxygen atoms in total. The molecule has 0 unspecified atom stereocenters. The van der Waals surface area contributed by atoms with Crippen molar-refractivity contribution in [3.63, 3.8) is 0 Å². The van der Waals surface area contributed by atoms with Gasteiger partial charge in [0, 0.05) is 27.3 Å². The van der Waals surface area contributed by atoms with Crippen LogP contribution in [-0.4, -0.2) is 38.5 Å². The third kappa shape index (κ3) is 3.18. The second-order valence-electron chi connectivity index (χ2n) is 3.67. The van der Waals surface area contributed by atoms with Gasteiger partial charge < -0.3 is 10.5 Å². The maximum absolute atomic E-state index is 12.0. The Kier molecular flexibility index (Phi) is 4.49. The number of ether oxygens (including phenoxy) is 1. The monoisotopic (exact) mass is 262 g/mol. The molecule has 0 bridgehead atoms. The first-order chi connectivity index (χ1) is 7.90. The molecule has 98 valence electrons. The first-order valence-electron chi connectivity index (χ1n) is 5.18. The average molecular weight is 262 g/mol. The molecule has 1 aromatic heterocycles. The molecule has 0 saturated heterocycles. The minimum absolute atomic E-state index is 0.0532. The lowest BCUT2D eigenvalue weighted by Gasteiger charge is -2.06. The quantitative estimate of drug-likeness (QED) is 0.681. The topological polar surface area (TPSA) is 99.2 Å². The van der Waals surface area contributed by atoms with Crippen LogP contribution in [0.4, 0.5) is 5.82 Å². The average Bonchev–Trinajstić information content (AvgIpc) is 2.48. The first kappa shape index (κ1) is 13.9. The van der Waals surface area contributed by atoms with Crippen LogP contribution >= 0.6 is 0 Å². The van der Waals surface area contributed by atoms with Gasteiger partial charge in [-0.15, -0.1) is 0 Å². The number of nitrogens with one attached hydrogen (secondary N) is 1. The van der Waals surface area contributed by atoms with Crippen LogP contribution in [0.5, 0.6) is 0 Å². The number of nitrogen functional groups attached to an aromatic ring is 1. The van der Waals surface area contributed by atoms with Crippen LogP contribution in [0.25, 0.3) is 0 Å². The normalized spacial score (nSPS) is 11.9. The number of anilines is 1. The van der Waals surface area contributed by atoms with Gasteiger partial charge in [-0.1, -0.05) is 0 Å². The molecule has 3 N–H and O–H groups in total. The smallest absolute Gasteiger partial charge is 0.246 e. The van der Waals surface area contributed by atoms with Gasteiger partial charge in [-0.3, -0.25) is 4.68 Å². The highest BCUT2D eigenvalue weighted by atomic mass is 32.2. The highest BCUT2D eigenvalue weighted by Crippen LogP contribution is 2.20. The number of hydrogen-bond donors (Lipinski definition) is 2. The lowest BCUT2D eigenvalue weighted by molar-refractivity contribution is 0.196. The molecule has 0 saturated carbocycles. The molecular weight excluding hydrogens is 244 g/mol. The number of hydrogen-bond acceptors (Lipinski definition) is 5. The number of aryl methyl sites for hydroxylation is 2. The molecular formula is C9H18N4O3S. The van der Waals surface area contributed by atoms with E-state index in [1.807, 2.05) is 0 Å². The maximum Gasteiger partial charge on any atom is 0.246 e. The van der Waals surface area contributed by atoms with E-state index in [4.69, 9.17) is 10.5 Å². The summed E-state index contributed by atoms with van der Waals surface area (Å²) in [4.78, 5) is 0.0532. The molecule has 1 heterocycles. The lowest BCUT2D eigenvalue weighted by Crippen LogP contribution is -2.26. The fourth-order valence-electron chi connectivity index (χ4n) is 1.48. The zero-order valence-electron chi connectivity index (χ0n) is 10.2. The summed E-state index contributed by atoms with van der Waals surface area (Å²) in [5.41, 5.74) is 6.07. The van der Waals surface area contributed by atoms with E-state index in [2.05, 4.69) is 9.82 Å². The van der Waals surface area contributed by atoms with E-state index in [1.165, 1.54) is 4.68 Å². The summed E-state index contributed by atoms with van der Waals surface area (Å²) in [5.74, 6) is 0.141. The molecule has 0 radical (unpaired) electrons. The Hall–Kier alpha value is -1.12. The van der Waals surface area contributed by atoms with Gasteiger partial charge in [-0.25, -0.2) is 13.1 Å². The van der Waals surface area contributed by atoms with Crippen molar-refractivity contribution >= 4 is 15.8 Å². The van der Waals surface area contributed by atoms with Crippen molar-refractivity contribution in [2.24, 2.45) is 7.05 Å². The third-order valence-electron chi connectivity index (χ3n) is 2.30. The van der Waals surface area contributed by atoms with Crippen LogP contribution in [0.2, 0.25) is 0 Å². The summed E-state index contributed by atoms with van der Waals surface area (Å²) >= 11 is 0. The summed E-state index contributed by atoms with van der Waals surface area (Å²) in [6.45, 7) is 2.42. The summed E-state index contributed by atoms with van der Waals surface area (Å²) in [6, 6.07) is 0. The minimum atomic E-state index is -3.60. The van der Waals surface area contributed by atoms with Crippen LogP contribution < -0.4 is 10.5 Å². The number of nitrogens with zero attached hydrogens (tertiary/aromatic N) is 2. The summed E-state index contributed by atoms with van der Waals surface area (Å²) in [5, 5.41) is 3.97. The largest absolute Gasteiger partial charge is 0.385 e. The summed E-state index contributed by atoms with van der Waals surface area (Å²) in [7, 11) is -0.424. The number of nitrogens with two attached hydrogens (primary N) is 1. The number of methoxy groups -OCH3 is 1. The van der Waals surface area contributed by atoms with Crippen molar-refractivity contribution in [1.29, 1.82) is 0 Å². The van der Waals surface area contributed by atoms with E-state index in [0.717, 1.165) is 0 Å². The Morgan fingerprint density at radius 2 is 2.18 bits per heavy atom. The fraction of sp³-hybridized carbons (Fsp3) is 0.667. The van der Waals surface area contributed by atoms with Gasteiger partial charge in [0.15, 0.2) is 0 Å². The van der Waals surface area contributed by atoms with E-state index in [0.29, 0.717) is 25.3 Å². The SMILES string of the molecule is COCCCNS(=O)(=O)c1c(C)nn(C)c1N. The second kappa shape index (κ2) is 5.48. The number of sulfonamides is 1. The molecule has 0 aliphatic rings. The van der Waals surface area contributed by atoms with Gasteiger partial charge in [0.05, 0.1) is 5.69 Å². The second-order valence-corrected chi connectivity index (χ2v) is 5.37. The predicted octanol–water partition coefficient (Wildman–Crippen LogP) is -0.374. The van der Waals surface area contributed by atoms with E-state index in [-0.39, 0.29) is 10.7 Å². The van der Waals surface area contributed by atoms with E-state index >= 15 is 0 Å². The molecule has 17 heavy (non-hydrogen) atoms. The Bertz CT molecular complexity index is 481. The third-order valence-corrected chi connectivity index (χ3v) is 3.92. The van der Waals surface area contributed by atoms with Crippen LogP contribution in [-0.2, 0) is 21.8 Å². The Balaban J connectivity index is 2.83. The molecule has 1 aromatic rings. The van der Waals surface area contributed by atoms with Crippen LogP contribution in [0.3, 0.4) is 0 Å². The molecule has 8 heteroatoms. The standard InChI is InChI=1S/C9H18N4O3S/c1-7-8(9(10)13(2)12-7)17(14,15)11-5-4-6-16-3/h11H,4-6,10H2,1-3H3. The molecule has 0 fully saturated rings. The van der Waals surface area contributed by atoms with Gasteiger partial charge in [0.1, 0.15) is 10.7 Å². The Morgan fingerprint density at radius 3 is 2.65 bits per heavy atom. The molecule has 0 amide bonds. The summed E-state index contributed by atoms with van der Waals surface area (Å²) in [6.07, 6.45) is 0.606. The minimum Gasteiger partial charge on any atom is -0.385 e. The molecule has 0 atom stereocenters. The molecule has 1 rings (SSSR count). The predicted molar refractivity (Wildman–Crippen MR) is 64.0 cm³/mol. The fourth-order valence-corrected chi connectivity index (χ4v) is 2.88. The zero-order valence-corrected chi connectivity index (χ0v) is 11.0. The van der Waals surface area contributed by atoms with Crippen molar-refractivity contribution in [3.05, 3.63) is 5.69 Å². The Labute approximate surface area is 101 Å². The van der Waals surface area contributed by atoms with Gasteiger partial charge in [0.2, 0.25) is 10.0 Å². The van der Waals surface area contributed by atoms with Gasteiger partial charge in [0.25, 0.3) is 0 Å². The van der Waals surface area contributed by atoms with Gasteiger partial charge in [-0.2, -0.15) is 5.10 Å². The van der Waals surface area contributed by atoms with E-state index in [1.54, 1.807) is 21.1 Å². The van der Waals surface area contributed by atoms with E-state index < -0.39 is 10.0 Å². The van der Waals surface area contributed by atoms with Crippen molar-refractivity contribution in [2.75, 3.05) is 26.0 Å². The first-order valence-corrected chi connectivity index (χ1v) is 6.66. The van der Waals surface area contributed by atoms with Crippen molar-refractivity contribution < 1.29 is 13.2 Å². The van der Waals surface area contributed by atoms with Gasteiger partial charge >= 0.3 is 0 Å². The molecule has 0 aromatic carbocycles. The van der Waals surface area contributed by atoms with Crippen LogP contribution in [0.1, 0.15) is 12.1 Å². The van der Waals surface area contributed by atoms with E-state index in [9.17, 15) is 8.42 Å². The number of rotatable bonds is 6. The number of aromatic nitrogens is 2. The van der Waals surface area contributed by atoms with Gasteiger partial charge in [-0.05, 0) is 13.3 Å².